The van der Waals surface area contributed by atoms with Gasteiger partial charge in [-0.1, -0.05) is 18.2 Å². The number of alkyl halides is 2. The van der Waals surface area contributed by atoms with Crippen LogP contribution in [-0.2, 0) is 6.54 Å². The van der Waals surface area contributed by atoms with Gasteiger partial charge in [-0.15, -0.1) is 47.8 Å². The van der Waals surface area contributed by atoms with Crippen LogP contribution in [0.25, 0.3) is 21.2 Å². The number of fused-ring (bicyclic) bond motifs is 1. The molecule has 4 aromatic rings. The summed E-state index contributed by atoms with van der Waals surface area (Å²) >= 11 is 7.57. The molecular formula is C30H31Cl3F2N4O3S. The molecule has 0 radical (unpaired) electrons. The van der Waals surface area contributed by atoms with Gasteiger partial charge in [-0.25, -0.2) is 8.78 Å². The molecule has 2 aromatic heterocycles. The van der Waals surface area contributed by atoms with Crippen molar-refractivity contribution in [1.29, 1.82) is 0 Å². The highest BCUT2D eigenvalue weighted by Crippen LogP contribution is 2.41. The number of Topliss-reactive ketones (excluding diaryl/α,β-unsaturated/α-hetero) is 1. The molecule has 230 valence electrons. The number of halogens is 5. The third-order valence-electron chi connectivity index (χ3n) is 7.63. The van der Waals surface area contributed by atoms with Gasteiger partial charge in [0.1, 0.15) is 17.3 Å². The number of primary amides is 1. The molecule has 0 saturated heterocycles. The van der Waals surface area contributed by atoms with E-state index < -0.39 is 34.9 Å². The van der Waals surface area contributed by atoms with Gasteiger partial charge in [-0.05, 0) is 66.4 Å². The summed E-state index contributed by atoms with van der Waals surface area (Å²) in [5.74, 6) is -3.38. The average Bonchev–Trinajstić information content (AvgIpc) is 3.43. The number of pyridine rings is 1. The zero-order chi connectivity index (χ0) is 29.3. The van der Waals surface area contributed by atoms with E-state index in [1.807, 2.05) is 18.2 Å². The summed E-state index contributed by atoms with van der Waals surface area (Å²) in [5, 5.41) is 5.83. The number of methoxy groups -OCH3 is 1. The van der Waals surface area contributed by atoms with Gasteiger partial charge in [0, 0.05) is 36.7 Å². The lowest BCUT2D eigenvalue weighted by Gasteiger charge is -2.42. The number of ether oxygens (including phenoxy) is 1. The molecule has 0 bridgehead atoms. The van der Waals surface area contributed by atoms with E-state index in [1.54, 1.807) is 37.4 Å². The predicted octanol–water partition coefficient (Wildman–Crippen LogP) is 6.30. The van der Waals surface area contributed by atoms with Crippen LogP contribution in [0.5, 0.6) is 5.75 Å². The number of hydrogen-bond donors (Lipinski definition) is 3. The van der Waals surface area contributed by atoms with E-state index in [4.69, 9.17) is 22.1 Å². The fraction of sp³-hybridized carbons (Fsp3) is 0.300. The largest absolute Gasteiger partial charge is 0.496 e. The highest BCUT2D eigenvalue weighted by Gasteiger charge is 2.49. The molecule has 2 aromatic carbocycles. The third kappa shape index (κ3) is 7.11. The molecule has 1 fully saturated rings. The van der Waals surface area contributed by atoms with Crippen molar-refractivity contribution in [3.05, 3.63) is 82.7 Å². The summed E-state index contributed by atoms with van der Waals surface area (Å²) in [7, 11) is 3.04. The second kappa shape index (κ2) is 14.3. The van der Waals surface area contributed by atoms with Crippen LogP contribution in [0, 0.1) is 11.7 Å². The number of nitrogens with zero attached hydrogens (tertiary/aromatic N) is 1. The standard InChI is InChI=1S/C30H29ClF2N4O3S.2ClH/c1-35-30(33)14-20(27(38)25-12-18-4-3-5-21(32)28(18)41-25)22(13-26(30)31)37-15-19-10-16(6-7-24(19)40-2)17-8-9-36-23(11-17)29(34)39;;/h3-12,20,22,26,35,37H,13-15H2,1-2H3,(H2,34,39);2*1H. The first-order valence-electron chi connectivity index (χ1n) is 13.0. The summed E-state index contributed by atoms with van der Waals surface area (Å²) in [6, 6.07) is 14.9. The van der Waals surface area contributed by atoms with E-state index in [2.05, 4.69) is 15.6 Å². The lowest BCUT2D eigenvalue weighted by Crippen LogP contribution is -2.58. The van der Waals surface area contributed by atoms with Gasteiger partial charge < -0.3 is 15.8 Å². The second-order valence-corrected chi connectivity index (χ2v) is 11.6. The Balaban J connectivity index is 0.00000253. The molecular weight excluding hydrogens is 641 g/mol. The summed E-state index contributed by atoms with van der Waals surface area (Å²) in [4.78, 5) is 29.8. The van der Waals surface area contributed by atoms with E-state index >= 15 is 4.39 Å². The first-order valence-corrected chi connectivity index (χ1v) is 14.3. The molecule has 1 aliphatic carbocycles. The van der Waals surface area contributed by atoms with Gasteiger partial charge in [0.05, 0.1) is 22.1 Å². The number of benzene rings is 2. The highest BCUT2D eigenvalue weighted by atomic mass is 35.5. The molecule has 43 heavy (non-hydrogen) atoms. The van der Waals surface area contributed by atoms with Crippen LogP contribution in [0.2, 0.25) is 0 Å². The molecule has 1 aliphatic rings. The van der Waals surface area contributed by atoms with Crippen LogP contribution >= 0.6 is 47.8 Å². The van der Waals surface area contributed by atoms with Crippen LogP contribution in [0.1, 0.15) is 38.6 Å². The van der Waals surface area contributed by atoms with E-state index in [0.717, 1.165) is 28.0 Å². The normalized spacial score (nSPS) is 21.5. The molecule has 4 unspecified atom stereocenters. The Labute approximate surface area is 269 Å². The van der Waals surface area contributed by atoms with Crippen LogP contribution in [0.15, 0.2) is 60.8 Å². The lowest BCUT2D eigenvalue weighted by atomic mass is 9.77. The van der Waals surface area contributed by atoms with Gasteiger partial charge in [-0.3, -0.25) is 19.9 Å². The van der Waals surface area contributed by atoms with Crippen molar-refractivity contribution in [3.8, 4) is 16.9 Å². The molecule has 0 spiro atoms. The number of thiophene rings is 1. The van der Waals surface area contributed by atoms with Crippen LogP contribution in [0.4, 0.5) is 8.78 Å². The first kappa shape index (κ1) is 34.6. The quantitative estimate of drug-likeness (QED) is 0.110. The van der Waals surface area contributed by atoms with Crippen LogP contribution in [0.3, 0.4) is 0 Å². The Hall–Kier alpha value is -2.86. The van der Waals surface area contributed by atoms with Crippen molar-refractivity contribution in [2.45, 2.75) is 36.6 Å². The lowest BCUT2D eigenvalue weighted by molar-refractivity contribution is 0.0325. The Kier molecular flexibility index (Phi) is 11.5. The smallest absolute Gasteiger partial charge is 0.267 e. The van der Waals surface area contributed by atoms with Crippen LogP contribution in [-0.4, -0.2) is 48.0 Å². The predicted molar refractivity (Wildman–Crippen MR) is 171 cm³/mol. The summed E-state index contributed by atoms with van der Waals surface area (Å²) in [6.07, 6.45) is 1.55. The second-order valence-electron chi connectivity index (χ2n) is 10.1. The Morgan fingerprint density at radius 3 is 2.58 bits per heavy atom. The van der Waals surface area contributed by atoms with E-state index in [0.29, 0.717) is 27.3 Å². The molecule has 1 amide bonds. The molecule has 4 N–H and O–H groups in total. The monoisotopic (exact) mass is 670 g/mol. The van der Waals surface area contributed by atoms with Crippen molar-refractivity contribution >= 4 is 69.5 Å². The fourth-order valence-corrected chi connectivity index (χ4v) is 6.80. The number of amides is 1. The average molecular weight is 672 g/mol. The van der Waals surface area contributed by atoms with Crippen molar-refractivity contribution in [1.82, 2.24) is 15.6 Å². The van der Waals surface area contributed by atoms with E-state index in [9.17, 15) is 14.0 Å². The fourth-order valence-electron chi connectivity index (χ4n) is 5.34. The van der Waals surface area contributed by atoms with Crippen LogP contribution < -0.4 is 21.1 Å². The number of aromatic nitrogens is 1. The third-order valence-corrected chi connectivity index (χ3v) is 9.33. The van der Waals surface area contributed by atoms with Gasteiger partial charge in [-0.2, -0.15) is 0 Å². The Bertz CT molecular complexity index is 1620. The van der Waals surface area contributed by atoms with Crippen molar-refractivity contribution in [2.75, 3.05) is 14.2 Å². The van der Waals surface area contributed by atoms with E-state index in [-0.39, 0.29) is 49.1 Å². The van der Waals surface area contributed by atoms with Crippen molar-refractivity contribution < 1.29 is 23.1 Å². The maximum atomic E-state index is 15.7. The maximum Gasteiger partial charge on any atom is 0.267 e. The number of rotatable bonds is 9. The number of nitrogens with two attached hydrogens (primary N) is 1. The topological polar surface area (TPSA) is 106 Å². The molecule has 7 nitrogen and oxygen atoms in total. The molecule has 5 rings (SSSR count). The van der Waals surface area contributed by atoms with Gasteiger partial charge >= 0.3 is 0 Å². The minimum atomic E-state index is -1.95. The SMILES string of the molecule is CNC1(F)CC(C(=O)c2cc3cccc(F)c3s2)C(NCc2cc(-c3ccnc(C(N)=O)c3)ccc2OC)CC1Cl.Cl.Cl. The minimum absolute atomic E-state index is 0. The van der Waals surface area contributed by atoms with Crippen molar-refractivity contribution in [3.63, 3.8) is 0 Å². The zero-order valence-electron chi connectivity index (χ0n) is 23.2. The Morgan fingerprint density at radius 2 is 1.91 bits per heavy atom. The van der Waals surface area contributed by atoms with Gasteiger partial charge in [0.15, 0.2) is 11.6 Å². The van der Waals surface area contributed by atoms with Crippen molar-refractivity contribution in [2.24, 2.45) is 11.7 Å². The summed E-state index contributed by atoms with van der Waals surface area (Å²) in [6.45, 7) is 0.294. The highest BCUT2D eigenvalue weighted by molar-refractivity contribution is 7.20. The summed E-state index contributed by atoms with van der Waals surface area (Å²) in [5.41, 5.74) is 7.89. The minimum Gasteiger partial charge on any atom is -0.496 e. The number of ketones is 1. The first-order chi connectivity index (χ1) is 19.6. The van der Waals surface area contributed by atoms with Gasteiger partial charge in [0.2, 0.25) is 0 Å². The molecule has 1 saturated carbocycles. The number of hydrogen-bond acceptors (Lipinski definition) is 7. The Morgan fingerprint density at radius 1 is 1.16 bits per heavy atom. The molecule has 13 heteroatoms. The van der Waals surface area contributed by atoms with Gasteiger partial charge in [0.25, 0.3) is 5.91 Å². The van der Waals surface area contributed by atoms with E-state index in [1.165, 1.54) is 19.3 Å². The summed E-state index contributed by atoms with van der Waals surface area (Å²) < 4.78 is 36.1. The number of carbonyl (C=O) groups is 2. The molecule has 2 heterocycles. The maximum absolute atomic E-state index is 15.7. The molecule has 4 atom stereocenters. The zero-order valence-corrected chi connectivity index (χ0v) is 26.4. The number of carbonyl (C=O) groups excluding carboxylic acids is 2. The number of nitrogens with one attached hydrogen (secondary N) is 2. The molecule has 0 aliphatic heterocycles.